The Labute approximate surface area is 98.7 Å². The summed E-state index contributed by atoms with van der Waals surface area (Å²) in [5.74, 6) is 0.0301. The molecule has 0 saturated carbocycles. The van der Waals surface area contributed by atoms with Crippen molar-refractivity contribution in [2.45, 2.75) is 13.0 Å². The van der Waals surface area contributed by atoms with E-state index < -0.39 is 0 Å². The molecule has 0 unspecified atom stereocenters. The van der Waals surface area contributed by atoms with Crippen molar-refractivity contribution in [3.63, 3.8) is 0 Å². The lowest BCUT2D eigenvalue weighted by Gasteiger charge is -2.04. The molecule has 2 heterocycles. The highest BCUT2D eigenvalue weighted by molar-refractivity contribution is 7.12. The molecule has 2 aromatic heterocycles. The van der Waals surface area contributed by atoms with E-state index in [1.54, 1.807) is 0 Å². The Kier molecular flexibility index (Phi) is 3.77. The summed E-state index contributed by atoms with van der Waals surface area (Å²) in [4.78, 5) is 12.3. The molecule has 2 aromatic rings. The van der Waals surface area contributed by atoms with Crippen LogP contribution in [0, 0.1) is 0 Å². The largest absolute Gasteiger partial charge is 0.354 e. The van der Waals surface area contributed by atoms with Crippen LogP contribution in [0.25, 0.3) is 0 Å². The minimum absolute atomic E-state index is 0.0301. The van der Waals surface area contributed by atoms with Crippen molar-refractivity contribution >= 4 is 17.2 Å². The number of amides is 1. The van der Waals surface area contributed by atoms with E-state index in [0.717, 1.165) is 24.4 Å². The maximum Gasteiger partial charge on any atom is 0.261 e. The van der Waals surface area contributed by atoms with E-state index in [1.807, 2.05) is 42.0 Å². The van der Waals surface area contributed by atoms with Crippen LogP contribution in [0.5, 0.6) is 0 Å². The second-order valence-corrected chi connectivity index (χ2v) is 4.46. The highest BCUT2D eigenvalue weighted by Crippen LogP contribution is 2.07. The number of hydrogen-bond acceptors (Lipinski definition) is 2. The summed E-state index contributed by atoms with van der Waals surface area (Å²) in [6, 6.07) is 7.74. The summed E-state index contributed by atoms with van der Waals surface area (Å²) in [5.41, 5.74) is 0. The lowest BCUT2D eigenvalue weighted by Crippen LogP contribution is -2.24. The van der Waals surface area contributed by atoms with Gasteiger partial charge in [-0.05, 0) is 30.0 Å². The number of nitrogens with zero attached hydrogens (tertiary/aromatic N) is 1. The molecule has 4 heteroatoms. The van der Waals surface area contributed by atoms with Gasteiger partial charge in [-0.1, -0.05) is 6.07 Å². The molecule has 1 amide bonds. The molecule has 0 spiro atoms. The number of aromatic nitrogens is 1. The minimum Gasteiger partial charge on any atom is -0.354 e. The van der Waals surface area contributed by atoms with Gasteiger partial charge in [-0.25, -0.2) is 0 Å². The molecule has 1 N–H and O–H groups in total. The fraction of sp³-hybridized carbons (Fsp3) is 0.250. The van der Waals surface area contributed by atoms with Crippen LogP contribution in [-0.4, -0.2) is 17.0 Å². The zero-order valence-corrected chi connectivity index (χ0v) is 9.74. The van der Waals surface area contributed by atoms with Gasteiger partial charge >= 0.3 is 0 Å². The van der Waals surface area contributed by atoms with Gasteiger partial charge in [-0.2, -0.15) is 0 Å². The van der Waals surface area contributed by atoms with Gasteiger partial charge < -0.3 is 9.88 Å². The Morgan fingerprint density at radius 3 is 2.81 bits per heavy atom. The first-order chi connectivity index (χ1) is 7.86. The van der Waals surface area contributed by atoms with Crippen LogP contribution >= 0.6 is 11.3 Å². The van der Waals surface area contributed by atoms with Crippen molar-refractivity contribution in [2.24, 2.45) is 0 Å². The van der Waals surface area contributed by atoms with E-state index in [9.17, 15) is 4.79 Å². The Bertz CT molecular complexity index is 420. The maximum atomic E-state index is 11.6. The molecule has 0 fully saturated rings. The van der Waals surface area contributed by atoms with Crippen LogP contribution in [0.3, 0.4) is 0 Å². The van der Waals surface area contributed by atoms with Gasteiger partial charge in [0, 0.05) is 25.5 Å². The summed E-state index contributed by atoms with van der Waals surface area (Å²) < 4.78 is 2.11. The van der Waals surface area contributed by atoms with Crippen LogP contribution in [0.1, 0.15) is 16.1 Å². The normalized spacial score (nSPS) is 10.2. The number of carbonyl (C=O) groups is 1. The third kappa shape index (κ3) is 2.97. The fourth-order valence-electron chi connectivity index (χ4n) is 1.48. The first-order valence-corrected chi connectivity index (χ1v) is 6.17. The lowest BCUT2D eigenvalue weighted by molar-refractivity contribution is 0.0957. The highest BCUT2D eigenvalue weighted by atomic mass is 32.1. The molecule has 0 bridgehead atoms. The molecule has 0 radical (unpaired) electrons. The summed E-state index contributed by atoms with van der Waals surface area (Å²) in [6.07, 6.45) is 5.01. The highest BCUT2D eigenvalue weighted by Gasteiger charge is 2.04. The number of rotatable bonds is 5. The van der Waals surface area contributed by atoms with Crippen LogP contribution in [-0.2, 0) is 6.54 Å². The molecule has 0 aliphatic rings. The van der Waals surface area contributed by atoms with E-state index >= 15 is 0 Å². The topological polar surface area (TPSA) is 34.0 Å². The van der Waals surface area contributed by atoms with Crippen molar-refractivity contribution < 1.29 is 4.79 Å². The summed E-state index contributed by atoms with van der Waals surface area (Å²) >= 11 is 1.47. The fourth-order valence-corrected chi connectivity index (χ4v) is 2.12. The number of thiophene rings is 1. The number of aryl methyl sites for hydroxylation is 1. The van der Waals surface area contributed by atoms with Crippen molar-refractivity contribution in [3.8, 4) is 0 Å². The Hall–Kier alpha value is -1.55. The lowest BCUT2D eigenvalue weighted by atomic mass is 10.4. The smallest absolute Gasteiger partial charge is 0.261 e. The number of hydrogen-bond donors (Lipinski definition) is 1. The van der Waals surface area contributed by atoms with Crippen molar-refractivity contribution in [1.29, 1.82) is 0 Å². The molecule has 0 saturated heterocycles. The quantitative estimate of drug-likeness (QED) is 0.792. The molecule has 3 nitrogen and oxygen atoms in total. The molecule has 0 aromatic carbocycles. The average Bonchev–Trinajstić information content (AvgIpc) is 2.96. The van der Waals surface area contributed by atoms with Crippen LogP contribution in [0.2, 0.25) is 0 Å². The third-order valence-corrected chi connectivity index (χ3v) is 3.16. The zero-order valence-electron chi connectivity index (χ0n) is 8.93. The van der Waals surface area contributed by atoms with Crippen LogP contribution in [0.4, 0.5) is 0 Å². The first-order valence-electron chi connectivity index (χ1n) is 5.29. The molecule has 0 aliphatic carbocycles. The average molecular weight is 234 g/mol. The van der Waals surface area contributed by atoms with E-state index in [1.165, 1.54) is 11.3 Å². The van der Waals surface area contributed by atoms with Crippen LogP contribution < -0.4 is 5.32 Å². The van der Waals surface area contributed by atoms with E-state index in [-0.39, 0.29) is 5.91 Å². The predicted octanol–water partition coefficient (Wildman–Crippen LogP) is 2.37. The Balaban J connectivity index is 1.67. The molecular formula is C12H14N2OS. The second-order valence-electron chi connectivity index (χ2n) is 3.51. The molecule has 2 rings (SSSR count). The molecule has 0 aliphatic heterocycles. The van der Waals surface area contributed by atoms with Gasteiger partial charge in [-0.3, -0.25) is 4.79 Å². The first kappa shape index (κ1) is 11.0. The number of carbonyl (C=O) groups excluding carboxylic acids is 1. The maximum absolute atomic E-state index is 11.6. The summed E-state index contributed by atoms with van der Waals surface area (Å²) in [6.45, 7) is 1.66. The zero-order chi connectivity index (χ0) is 11.2. The SMILES string of the molecule is O=C(NCCCn1cccc1)c1cccs1. The predicted molar refractivity (Wildman–Crippen MR) is 65.7 cm³/mol. The molecular weight excluding hydrogens is 220 g/mol. The monoisotopic (exact) mass is 234 g/mol. The van der Waals surface area contributed by atoms with E-state index in [4.69, 9.17) is 0 Å². The molecule has 84 valence electrons. The number of nitrogens with one attached hydrogen (secondary N) is 1. The van der Waals surface area contributed by atoms with Crippen molar-refractivity contribution in [1.82, 2.24) is 9.88 Å². The Morgan fingerprint density at radius 2 is 2.12 bits per heavy atom. The van der Waals surface area contributed by atoms with Crippen molar-refractivity contribution in [2.75, 3.05) is 6.54 Å². The standard InChI is InChI=1S/C12H14N2OS/c15-12(11-5-3-10-16-11)13-6-4-9-14-7-1-2-8-14/h1-3,5,7-8,10H,4,6,9H2,(H,13,15). The Morgan fingerprint density at radius 1 is 1.31 bits per heavy atom. The van der Waals surface area contributed by atoms with Gasteiger partial charge in [-0.15, -0.1) is 11.3 Å². The van der Waals surface area contributed by atoms with Gasteiger partial charge in [0.25, 0.3) is 5.91 Å². The van der Waals surface area contributed by atoms with Gasteiger partial charge in [0.1, 0.15) is 0 Å². The minimum atomic E-state index is 0.0301. The summed E-state index contributed by atoms with van der Waals surface area (Å²) in [7, 11) is 0. The van der Waals surface area contributed by atoms with Crippen molar-refractivity contribution in [3.05, 3.63) is 46.9 Å². The van der Waals surface area contributed by atoms with E-state index in [0.29, 0.717) is 0 Å². The van der Waals surface area contributed by atoms with Gasteiger partial charge in [0.2, 0.25) is 0 Å². The third-order valence-electron chi connectivity index (χ3n) is 2.29. The van der Waals surface area contributed by atoms with E-state index in [2.05, 4.69) is 9.88 Å². The molecule has 0 atom stereocenters. The van der Waals surface area contributed by atoms with Crippen LogP contribution in [0.15, 0.2) is 42.0 Å². The second kappa shape index (κ2) is 5.51. The summed E-state index contributed by atoms with van der Waals surface area (Å²) in [5, 5.41) is 4.82. The molecule has 16 heavy (non-hydrogen) atoms. The van der Waals surface area contributed by atoms with Gasteiger partial charge in [0.15, 0.2) is 0 Å². The van der Waals surface area contributed by atoms with Gasteiger partial charge in [0.05, 0.1) is 4.88 Å².